The second-order valence-corrected chi connectivity index (χ2v) is 19.7. The second-order valence-electron chi connectivity index (χ2n) is 19.7. The topological polar surface area (TPSA) is 104 Å². The second kappa shape index (κ2) is 19.6. The molecule has 0 fully saturated rings. The predicted molar refractivity (Wildman–Crippen MR) is 325 cm³/mol. The Morgan fingerprint density at radius 3 is 1.19 bits per heavy atom. The average Bonchev–Trinajstić information content (AvgIpc) is 4.14. The predicted octanol–water partition coefficient (Wildman–Crippen LogP) is 18.7. The zero-order valence-electron chi connectivity index (χ0n) is 42.9. The van der Waals surface area contributed by atoms with Gasteiger partial charge in [-0.25, -0.2) is 29.9 Å². The Morgan fingerprint density at radius 1 is 0.200 bits per heavy atom. The maximum atomic E-state index is 6.33. The number of fused-ring (bicyclic) bond motifs is 12. The van der Waals surface area contributed by atoms with E-state index in [-0.39, 0.29) is 0 Å². The van der Waals surface area contributed by atoms with Gasteiger partial charge >= 0.3 is 0 Å². The van der Waals surface area contributed by atoms with Crippen LogP contribution in [0.25, 0.3) is 156 Å². The zero-order valence-corrected chi connectivity index (χ0v) is 42.9. The van der Waals surface area contributed by atoms with Crippen molar-refractivity contribution in [2.45, 2.75) is 0 Å². The molecule has 4 aromatic heterocycles. The lowest BCUT2D eigenvalue weighted by atomic mass is 9.92. The number of benzene rings is 12. The summed E-state index contributed by atoms with van der Waals surface area (Å²) in [5.74, 6) is 3.72. The number of para-hydroxylation sites is 3. The third-order valence-electron chi connectivity index (χ3n) is 14.9. The molecule has 16 aromatic rings. The van der Waals surface area contributed by atoms with Crippen molar-refractivity contribution in [1.29, 1.82) is 0 Å². The van der Waals surface area contributed by atoms with Gasteiger partial charge in [-0.3, -0.25) is 0 Å². The molecule has 0 N–H and O–H groups in total. The molecule has 4 heterocycles. The van der Waals surface area contributed by atoms with E-state index in [0.717, 1.165) is 88.4 Å². The Bertz CT molecular complexity index is 4930. The molecule has 0 aliphatic heterocycles. The van der Waals surface area contributed by atoms with Crippen LogP contribution in [0.1, 0.15) is 0 Å². The fraction of sp³-hybridized carbons (Fsp3) is 0. The first kappa shape index (κ1) is 46.4. The van der Waals surface area contributed by atoms with E-state index in [1.807, 2.05) is 158 Å². The number of hydrogen-bond acceptors (Lipinski definition) is 8. The number of nitrogens with zero attached hydrogens (tertiary/aromatic N) is 6. The molecule has 374 valence electrons. The first-order chi connectivity index (χ1) is 39.6. The number of rotatable bonds is 7. The van der Waals surface area contributed by atoms with Gasteiger partial charge in [0, 0.05) is 49.4 Å². The van der Waals surface area contributed by atoms with Crippen molar-refractivity contribution in [2.75, 3.05) is 0 Å². The lowest BCUT2D eigenvalue weighted by Crippen LogP contribution is -2.00. The molecule has 0 bridgehead atoms. The molecule has 0 amide bonds. The highest BCUT2D eigenvalue weighted by Crippen LogP contribution is 2.41. The van der Waals surface area contributed by atoms with Crippen LogP contribution in [0, 0.1) is 0 Å². The summed E-state index contributed by atoms with van der Waals surface area (Å²) in [5, 5.41) is 11.7. The van der Waals surface area contributed by atoms with Crippen molar-refractivity contribution < 1.29 is 8.83 Å². The van der Waals surface area contributed by atoms with Crippen LogP contribution in [0.3, 0.4) is 0 Å². The Balaban J connectivity index is 0.000000139. The highest BCUT2D eigenvalue weighted by atomic mass is 16.3. The maximum absolute atomic E-state index is 6.33. The van der Waals surface area contributed by atoms with Gasteiger partial charge in [0.05, 0.1) is 5.56 Å². The van der Waals surface area contributed by atoms with E-state index in [1.165, 1.54) is 32.3 Å². The molecular formula is C72H44N6O2. The summed E-state index contributed by atoms with van der Waals surface area (Å²) in [6.45, 7) is 0. The molecule has 8 nitrogen and oxygen atoms in total. The lowest BCUT2D eigenvalue weighted by molar-refractivity contribution is 0.668. The van der Waals surface area contributed by atoms with Crippen LogP contribution >= 0.6 is 0 Å². The third-order valence-corrected chi connectivity index (χ3v) is 14.9. The van der Waals surface area contributed by atoms with Crippen molar-refractivity contribution in [1.82, 2.24) is 29.9 Å². The van der Waals surface area contributed by atoms with Crippen molar-refractivity contribution in [3.05, 3.63) is 267 Å². The van der Waals surface area contributed by atoms with E-state index in [9.17, 15) is 0 Å². The van der Waals surface area contributed by atoms with Crippen molar-refractivity contribution in [3.63, 3.8) is 0 Å². The van der Waals surface area contributed by atoms with Gasteiger partial charge in [0.2, 0.25) is 0 Å². The van der Waals surface area contributed by atoms with Gasteiger partial charge in [-0.15, -0.1) is 0 Å². The summed E-state index contributed by atoms with van der Waals surface area (Å²) < 4.78 is 12.5. The van der Waals surface area contributed by atoms with Crippen LogP contribution in [0.4, 0.5) is 0 Å². The molecule has 0 spiro atoms. The normalized spacial score (nSPS) is 11.5. The first-order valence-electron chi connectivity index (χ1n) is 26.6. The molecule has 12 aromatic carbocycles. The van der Waals surface area contributed by atoms with E-state index in [2.05, 4.69) is 109 Å². The first-order valence-corrected chi connectivity index (χ1v) is 26.6. The monoisotopic (exact) mass is 1020 g/mol. The number of furan rings is 2. The molecular weight excluding hydrogens is 981 g/mol. The SMILES string of the molecule is c1ccc(-c2nc(-c3cccc4c3oc3ccccc34)nc(-c3cccc4oc5ccccc5c34)n2)cc1.c1ccc(-c2nc(-c3ccccc3)nc(-c3cccc(-c4ccc5c6ccccc6c6ccccc6c5c4)c3)n2)cc1. The molecule has 8 heteroatoms. The largest absolute Gasteiger partial charge is 0.456 e. The zero-order chi connectivity index (χ0) is 52.9. The maximum Gasteiger partial charge on any atom is 0.167 e. The average molecular weight is 1030 g/mol. The fourth-order valence-electron chi connectivity index (χ4n) is 11.1. The van der Waals surface area contributed by atoms with E-state index < -0.39 is 0 Å². The molecule has 0 aliphatic rings. The van der Waals surface area contributed by atoms with Crippen LogP contribution in [0.5, 0.6) is 0 Å². The van der Waals surface area contributed by atoms with Crippen molar-refractivity contribution >= 4 is 76.2 Å². The Morgan fingerprint density at radius 2 is 0.575 bits per heavy atom. The van der Waals surface area contributed by atoms with Crippen LogP contribution in [0.15, 0.2) is 276 Å². The van der Waals surface area contributed by atoms with E-state index in [0.29, 0.717) is 34.9 Å². The van der Waals surface area contributed by atoms with Gasteiger partial charge in [-0.1, -0.05) is 231 Å². The number of hydrogen-bond donors (Lipinski definition) is 0. The van der Waals surface area contributed by atoms with Crippen LogP contribution in [-0.2, 0) is 0 Å². The highest BCUT2D eigenvalue weighted by Gasteiger charge is 2.21. The van der Waals surface area contributed by atoms with Gasteiger partial charge in [-0.05, 0) is 79.8 Å². The van der Waals surface area contributed by atoms with Gasteiger partial charge in [0.1, 0.15) is 22.3 Å². The molecule has 0 unspecified atom stereocenters. The molecule has 0 radical (unpaired) electrons. The molecule has 0 atom stereocenters. The highest BCUT2D eigenvalue weighted by molar-refractivity contribution is 6.25. The van der Waals surface area contributed by atoms with Gasteiger partial charge in [-0.2, -0.15) is 0 Å². The summed E-state index contributed by atoms with van der Waals surface area (Å²) in [7, 11) is 0. The fourth-order valence-corrected chi connectivity index (χ4v) is 11.1. The van der Waals surface area contributed by atoms with Crippen molar-refractivity contribution in [3.8, 4) is 79.5 Å². The standard InChI is InChI=1S/C39H25N3.C33H19N3O2/c1-3-12-26(13-4-1)37-40-38(27-14-5-2-6-15-27)42-39(41-37)30-17-11-16-28(24-30)29-22-23-35-33-20-8-7-18-31(33)32-19-9-10-21-34(32)36(35)25-29;1-2-10-20(11-3-1)31-34-32(24-15-9-19-28-29(24)23-13-5-7-18-27(23)37-28)36-33(35-31)25-16-8-14-22-21-12-4-6-17-26(21)38-30(22)25/h1-25H;1-19H. The third kappa shape index (κ3) is 8.27. The molecule has 80 heavy (non-hydrogen) atoms. The van der Waals surface area contributed by atoms with Gasteiger partial charge in [0.25, 0.3) is 0 Å². The van der Waals surface area contributed by atoms with Crippen LogP contribution < -0.4 is 0 Å². The molecule has 0 aliphatic carbocycles. The van der Waals surface area contributed by atoms with E-state index in [4.69, 9.17) is 38.7 Å². The molecule has 16 rings (SSSR count). The number of aromatic nitrogens is 6. The Hall–Kier alpha value is -11.0. The van der Waals surface area contributed by atoms with E-state index in [1.54, 1.807) is 0 Å². The minimum atomic E-state index is 0.559. The summed E-state index contributed by atoms with van der Waals surface area (Å²) in [5.41, 5.74) is 11.0. The van der Waals surface area contributed by atoms with Crippen LogP contribution in [-0.4, -0.2) is 29.9 Å². The van der Waals surface area contributed by atoms with Gasteiger partial charge in [0.15, 0.2) is 34.9 Å². The minimum absolute atomic E-state index is 0.559. The Kier molecular flexibility index (Phi) is 11.3. The lowest BCUT2D eigenvalue weighted by Gasteiger charge is -2.13. The quantitative estimate of drug-likeness (QED) is 0.145. The van der Waals surface area contributed by atoms with Gasteiger partial charge < -0.3 is 8.83 Å². The summed E-state index contributed by atoms with van der Waals surface area (Å²) in [4.78, 5) is 29.7. The smallest absolute Gasteiger partial charge is 0.167 e. The summed E-state index contributed by atoms with van der Waals surface area (Å²) in [6, 6.07) is 91.1. The van der Waals surface area contributed by atoms with E-state index >= 15 is 0 Å². The minimum Gasteiger partial charge on any atom is -0.456 e. The Labute approximate surface area is 459 Å². The van der Waals surface area contributed by atoms with Crippen LogP contribution in [0.2, 0.25) is 0 Å². The summed E-state index contributed by atoms with van der Waals surface area (Å²) in [6.07, 6.45) is 0. The summed E-state index contributed by atoms with van der Waals surface area (Å²) >= 11 is 0. The van der Waals surface area contributed by atoms with Crippen molar-refractivity contribution in [2.24, 2.45) is 0 Å². The molecule has 0 saturated heterocycles. The molecule has 0 saturated carbocycles.